The van der Waals surface area contributed by atoms with Crippen LogP contribution < -0.4 is 5.32 Å². The summed E-state index contributed by atoms with van der Waals surface area (Å²) in [6.07, 6.45) is 2.92. The summed E-state index contributed by atoms with van der Waals surface area (Å²) in [4.78, 5) is 34.2. The zero-order chi connectivity index (χ0) is 20.1. The Bertz CT molecular complexity index is 1070. The van der Waals surface area contributed by atoms with Crippen LogP contribution in [0.15, 0.2) is 48.5 Å². The van der Waals surface area contributed by atoms with E-state index in [-0.39, 0.29) is 11.4 Å². The first-order chi connectivity index (χ1) is 13.5. The first-order valence-corrected chi connectivity index (χ1v) is 8.36. The topological polar surface area (TPSA) is 127 Å². The van der Waals surface area contributed by atoms with Gasteiger partial charge in [-0.1, -0.05) is 12.1 Å². The molecule has 0 radical (unpaired) electrons. The van der Waals surface area contributed by atoms with Gasteiger partial charge in [0.2, 0.25) is 0 Å². The van der Waals surface area contributed by atoms with Crippen molar-refractivity contribution in [3.8, 4) is 0 Å². The Morgan fingerprint density at radius 2 is 2.00 bits per heavy atom. The number of hydrogen-bond acceptors (Lipinski definition) is 6. The van der Waals surface area contributed by atoms with Crippen LogP contribution in [-0.4, -0.2) is 33.6 Å². The number of nitrogens with one attached hydrogen (secondary N) is 2. The van der Waals surface area contributed by atoms with Gasteiger partial charge < -0.3 is 10.1 Å². The number of carbonyl (C=O) groups is 2. The van der Waals surface area contributed by atoms with Crippen LogP contribution in [-0.2, 0) is 9.53 Å². The summed E-state index contributed by atoms with van der Waals surface area (Å²) in [5, 5.41) is 20.6. The molecular formula is C19H16N4O5. The van der Waals surface area contributed by atoms with E-state index in [4.69, 9.17) is 4.74 Å². The maximum absolute atomic E-state index is 12.5. The van der Waals surface area contributed by atoms with E-state index >= 15 is 0 Å². The van der Waals surface area contributed by atoms with Gasteiger partial charge in [0.25, 0.3) is 11.6 Å². The van der Waals surface area contributed by atoms with Crippen LogP contribution >= 0.6 is 0 Å². The number of benzene rings is 2. The summed E-state index contributed by atoms with van der Waals surface area (Å²) in [7, 11) is 0. The fourth-order valence-corrected chi connectivity index (χ4v) is 2.51. The zero-order valence-electron chi connectivity index (χ0n) is 14.8. The maximum Gasteiger partial charge on any atom is 0.330 e. The van der Waals surface area contributed by atoms with Crippen molar-refractivity contribution in [2.45, 2.75) is 6.92 Å². The van der Waals surface area contributed by atoms with Gasteiger partial charge in [0.15, 0.2) is 5.69 Å². The van der Waals surface area contributed by atoms with Gasteiger partial charge in [-0.15, -0.1) is 0 Å². The predicted octanol–water partition coefficient (Wildman–Crippen LogP) is 3.30. The third kappa shape index (κ3) is 4.21. The molecule has 3 aromatic rings. The van der Waals surface area contributed by atoms with Crippen molar-refractivity contribution in [3.63, 3.8) is 0 Å². The molecule has 0 aliphatic rings. The third-order valence-electron chi connectivity index (χ3n) is 3.84. The van der Waals surface area contributed by atoms with Gasteiger partial charge in [-0.2, -0.15) is 5.10 Å². The molecule has 2 N–H and O–H groups in total. The maximum atomic E-state index is 12.5. The Morgan fingerprint density at radius 3 is 2.68 bits per heavy atom. The minimum Gasteiger partial charge on any atom is -0.463 e. The minimum atomic E-state index is -0.531. The SMILES string of the molecule is CCOC(=O)/C=C/c1ccc(NC(=O)c2n[nH]c3ccc([N+](=O)[O-])cc23)cc1. The Kier molecular flexibility index (Phi) is 5.45. The number of esters is 1. The first-order valence-electron chi connectivity index (χ1n) is 8.36. The number of rotatable bonds is 6. The molecule has 3 rings (SSSR count). The summed E-state index contributed by atoms with van der Waals surface area (Å²) in [5.41, 5.74) is 1.73. The number of aromatic amines is 1. The first kappa shape index (κ1) is 18.8. The normalized spacial score (nSPS) is 10.9. The number of amides is 1. The molecule has 0 aliphatic carbocycles. The average Bonchev–Trinajstić information content (AvgIpc) is 3.11. The molecule has 28 heavy (non-hydrogen) atoms. The predicted molar refractivity (Wildman–Crippen MR) is 103 cm³/mol. The number of nitrogens with zero attached hydrogens (tertiary/aromatic N) is 2. The van der Waals surface area contributed by atoms with Crippen molar-refractivity contribution in [3.05, 3.63) is 69.9 Å². The van der Waals surface area contributed by atoms with Crippen molar-refractivity contribution >= 4 is 40.2 Å². The standard InChI is InChI=1S/C19H16N4O5/c1-2-28-17(24)10-5-12-3-6-13(7-4-12)20-19(25)18-15-11-14(23(26)27)8-9-16(15)21-22-18/h3-11H,2H2,1H3,(H,20,25)(H,21,22)/b10-5+. The number of nitro groups is 1. The van der Waals surface area contributed by atoms with E-state index in [0.717, 1.165) is 5.56 Å². The van der Waals surface area contributed by atoms with E-state index in [1.54, 1.807) is 37.3 Å². The zero-order valence-corrected chi connectivity index (χ0v) is 14.8. The van der Waals surface area contributed by atoms with Crippen molar-refractivity contribution in [1.82, 2.24) is 10.2 Å². The van der Waals surface area contributed by atoms with Crippen molar-refractivity contribution in [2.75, 3.05) is 11.9 Å². The van der Waals surface area contributed by atoms with Gasteiger partial charge in [0, 0.05) is 29.3 Å². The summed E-state index contributed by atoms with van der Waals surface area (Å²) in [6, 6.07) is 10.9. The van der Waals surface area contributed by atoms with E-state index in [1.807, 2.05) is 0 Å². The second-order valence-electron chi connectivity index (χ2n) is 5.72. The lowest BCUT2D eigenvalue weighted by Gasteiger charge is -2.04. The van der Waals surface area contributed by atoms with Crippen LogP contribution in [0.2, 0.25) is 0 Å². The Balaban J connectivity index is 1.74. The molecule has 142 valence electrons. The van der Waals surface area contributed by atoms with Crippen molar-refractivity contribution < 1.29 is 19.2 Å². The van der Waals surface area contributed by atoms with Crippen molar-refractivity contribution in [1.29, 1.82) is 0 Å². The van der Waals surface area contributed by atoms with E-state index in [9.17, 15) is 19.7 Å². The Morgan fingerprint density at radius 1 is 1.25 bits per heavy atom. The molecule has 1 heterocycles. The molecule has 1 aromatic heterocycles. The molecule has 0 spiro atoms. The lowest BCUT2D eigenvalue weighted by Crippen LogP contribution is -2.12. The van der Waals surface area contributed by atoms with Gasteiger partial charge in [-0.25, -0.2) is 4.79 Å². The minimum absolute atomic E-state index is 0.0602. The monoisotopic (exact) mass is 380 g/mol. The van der Waals surface area contributed by atoms with Crippen LogP contribution in [0.3, 0.4) is 0 Å². The molecule has 2 aromatic carbocycles. The van der Waals surface area contributed by atoms with E-state index in [1.165, 1.54) is 24.3 Å². The molecule has 0 unspecified atom stereocenters. The highest BCUT2D eigenvalue weighted by molar-refractivity contribution is 6.11. The largest absolute Gasteiger partial charge is 0.463 e. The van der Waals surface area contributed by atoms with E-state index in [2.05, 4.69) is 15.5 Å². The second-order valence-corrected chi connectivity index (χ2v) is 5.72. The molecule has 9 heteroatoms. The molecule has 1 amide bonds. The quantitative estimate of drug-likeness (QED) is 0.292. The summed E-state index contributed by atoms with van der Waals surface area (Å²) in [6.45, 7) is 2.03. The highest BCUT2D eigenvalue weighted by atomic mass is 16.6. The number of anilines is 1. The fraction of sp³-hybridized carbons (Fsp3) is 0.105. The van der Waals surface area contributed by atoms with Crippen LogP contribution in [0, 0.1) is 10.1 Å². The lowest BCUT2D eigenvalue weighted by molar-refractivity contribution is -0.384. The molecule has 9 nitrogen and oxygen atoms in total. The number of ether oxygens (including phenoxy) is 1. The van der Waals surface area contributed by atoms with Crippen LogP contribution in [0.1, 0.15) is 23.0 Å². The van der Waals surface area contributed by atoms with Gasteiger partial charge >= 0.3 is 5.97 Å². The number of H-pyrrole nitrogens is 1. The summed E-state index contributed by atoms with van der Waals surface area (Å²) < 4.78 is 4.80. The Labute approximate surface area is 159 Å². The molecular weight excluding hydrogens is 364 g/mol. The van der Waals surface area contributed by atoms with E-state index < -0.39 is 16.8 Å². The average molecular weight is 380 g/mol. The van der Waals surface area contributed by atoms with Gasteiger partial charge in [0.05, 0.1) is 17.0 Å². The number of nitro benzene ring substituents is 1. The highest BCUT2D eigenvalue weighted by Gasteiger charge is 2.17. The highest BCUT2D eigenvalue weighted by Crippen LogP contribution is 2.23. The molecule has 0 bridgehead atoms. The van der Waals surface area contributed by atoms with Crippen LogP contribution in [0.4, 0.5) is 11.4 Å². The van der Waals surface area contributed by atoms with Crippen molar-refractivity contribution in [2.24, 2.45) is 0 Å². The Hall–Kier alpha value is -4.01. The summed E-state index contributed by atoms with van der Waals surface area (Å²) in [5.74, 6) is -0.930. The lowest BCUT2D eigenvalue weighted by atomic mass is 10.1. The van der Waals surface area contributed by atoms with Gasteiger partial charge in [-0.05, 0) is 36.8 Å². The van der Waals surface area contributed by atoms with E-state index in [0.29, 0.717) is 23.2 Å². The van der Waals surface area contributed by atoms with Crippen LogP contribution in [0.5, 0.6) is 0 Å². The summed E-state index contributed by atoms with van der Waals surface area (Å²) >= 11 is 0. The number of fused-ring (bicyclic) bond motifs is 1. The molecule has 0 aliphatic heterocycles. The molecule has 0 atom stereocenters. The molecule has 0 saturated heterocycles. The number of hydrogen-bond donors (Lipinski definition) is 2. The second kappa shape index (κ2) is 8.12. The third-order valence-corrected chi connectivity index (χ3v) is 3.84. The number of carbonyl (C=O) groups excluding carboxylic acids is 2. The van der Waals surface area contributed by atoms with Gasteiger partial charge in [-0.3, -0.25) is 20.0 Å². The fourth-order valence-electron chi connectivity index (χ4n) is 2.51. The smallest absolute Gasteiger partial charge is 0.330 e. The number of non-ortho nitro benzene ring substituents is 1. The van der Waals surface area contributed by atoms with Crippen LogP contribution in [0.25, 0.3) is 17.0 Å². The van der Waals surface area contributed by atoms with Gasteiger partial charge in [0.1, 0.15) is 0 Å². The molecule has 0 fully saturated rings. The molecule has 0 saturated carbocycles. The number of aromatic nitrogens is 2.